The summed E-state index contributed by atoms with van der Waals surface area (Å²) in [6.45, 7) is 4.03. The molecule has 0 saturated carbocycles. The van der Waals surface area contributed by atoms with Gasteiger partial charge in [0.1, 0.15) is 10.8 Å². The molecule has 0 unspecified atom stereocenters. The van der Waals surface area contributed by atoms with Crippen LogP contribution in [0.4, 0.5) is 4.39 Å². The van der Waals surface area contributed by atoms with Crippen molar-refractivity contribution in [1.82, 2.24) is 15.5 Å². The lowest BCUT2D eigenvalue weighted by Crippen LogP contribution is -2.14. The fourth-order valence-electron chi connectivity index (χ4n) is 1.67. The highest BCUT2D eigenvalue weighted by atomic mass is 79.9. The second-order valence-corrected chi connectivity index (χ2v) is 6.06. The van der Waals surface area contributed by atoms with Gasteiger partial charge in [0.25, 0.3) is 0 Å². The molecule has 2 aromatic rings. The van der Waals surface area contributed by atoms with E-state index in [-0.39, 0.29) is 5.82 Å². The molecule has 0 amide bonds. The maximum Gasteiger partial charge on any atom is 0.150 e. The molecule has 0 radical (unpaired) electrons. The summed E-state index contributed by atoms with van der Waals surface area (Å²) in [5.41, 5.74) is 0.513. The first-order chi connectivity index (χ1) is 9.20. The topological polar surface area (TPSA) is 37.8 Å². The highest BCUT2D eigenvalue weighted by molar-refractivity contribution is 9.10. The van der Waals surface area contributed by atoms with E-state index >= 15 is 0 Å². The molecule has 0 spiro atoms. The van der Waals surface area contributed by atoms with E-state index in [0.717, 1.165) is 35.4 Å². The van der Waals surface area contributed by atoms with Gasteiger partial charge in [-0.15, -0.1) is 10.2 Å². The predicted octanol–water partition coefficient (Wildman–Crippen LogP) is 3.65. The molecule has 2 rings (SSSR count). The number of rotatable bonds is 6. The third-order valence-electron chi connectivity index (χ3n) is 2.62. The Balaban J connectivity index is 2.04. The second kappa shape index (κ2) is 7.07. The van der Waals surface area contributed by atoms with Crippen molar-refractivity contribution in [2.45, 2.75) is 19.8 Å². The molecule has 0 aliphatic heterocycles. The minimum atomic E-state index is -0.273. The molecule has 1 N–H and O–H groups in total. The maximum absolute atomic E-state index is 13.8. The molecule has 0 bridgehead atoms. The molecule has 3 nitrogen and oxygen atoms in total. The fraction of sp³-hybridized carbons (Fsp3) is 0.385. The van der Waals surface area contributed by atoms with Gasteiger partial charge in [-0.25, -0.2) is 4.39 Å². The van der Waals surface area contributed by atoms with Gasteiger partial charge in [-0.2, -0.15) is 0 Å². The van der Waals surface area contributed by atoms with Gasteiger partial charge in [-0.05, 0) is 37.7 Å². The summed E-state index contributed by atoms with van der Waals surface area (Å²) in [6.07, 6.45) is 1.90. The normalized spacial score (nSPS) is 10.9. The van der Waals surface area contributed by atoms with Gasteiger partial charge in [-0.3, -0.25) is 0 Å². The van der Waals surface area contributed by atoms with Crippen LogP contribution in [0, 0.1) is 5.82 Å². The Hall–Kier alpha value is -0.850. The lowest BCUT2D eigenvalue weighted by Gasteiger charge is -1.99. The number of benzene rings is 1. The van der Waals surface area contributed by atoms with Gasteiger partial charge in [-0.1, -0.05) is 34.2 Å². The molecular weight excluding hydrogens is 329 g/mol. The first-order valence-electron chi connectivity index (χ1n) is 6.19. The molecule has 0 aliphatic carbocycles. The average molecular weight is 344 g/mol. The summed E-state index contributed by atoms with van der Waals surface area (Å²) >= 11 is 4.70. The Morgan fingerprint density at radius 3 is 2.95 bits per heavy atom. The van der Waals surface area contributed by atoms with Crippen LogP contribution >= 0.6 is 27.3 Å². The number of nitrogens with one attached hydrogen (secondary N) is 1. The van der Waals surface area contributed by atoms with Crippen molar-refractivity contribution < 1.29 is 4.39 Å². The second-order valence-electron chi connectivity index (χ2n) is 4.08. The van der Waals surface area contributed by atoms with Crippen LogP contribution in [0.2, 0.25) is 0 Å². The smallest absolute Gasteiger partial charge is 0.150 e. The zero-order chi connectivity index (χ0) is 13.7. The fourth-order valence-corrected chi connectivity index (χ4v) is 2.91. The van der Waals surface area contributed by atoms with Crippen LogP contribution in [0.25, 0.3) is 10.6 Å². The summed E-state index contributed by atoms with van der Waals surface area (Å²) in [6, 6.07) is 4.98. The molecule has 0 aliphatic rings. The van der Waals surface area contributed by atoms with Gasteiger partial charge in [0.2, 0.25) is 0 Å². The monoisotopic (exact) mass is 343 g/mol. The number of hydrogen-bond acceptors (Lipinski definition) is 4. The summed E-state index contributed by atoms with van der Waals surface area (Å²) in [5.74, 6) is -0.273. The van der Waals surface area contributed by atoms with E-state index in [1.54, 1.807) is 6.07 Å². The molecule has 0 atom stereocenters. The van der Waals surface area contributed by atoms with Crippen molar-refractivity contribution in [2.24, 2.45) is 0 Å². The molecule has 102 valence electrons. The minimum Gasteiger partial charge on any atom is -0.317 e. The third-order valence-corrected chi connectivity index (χ3v) is 4.13. The number of aromatic nitrogens is 2. The zero-order valence-corrected chi connectivity index (χ0v) is 13.0. The van der Waals surface area contributed by atoms with E-state index in [4.69, 9.17) is 0 Å². The van der Waals surface area contributed by atoms with Crippen LogP contribution in [0.3, 0.4) is 0 Å². The summed E-state index contributed by atoms with van der Waals surface area (Å²) in [4.78, 5) is 0. The third kappa shape index (κ3) is 4.06. The molecule has 1 aromatic carbocycles. The Morgan fingerprint density at radius 1 is 1.37 bits per heavy atom. The highest BCUT2D eigenvalue weighted by Crippen LogP contribution is 2.28. The van der Waals surface area contributed by atoms with Crippen LogP contribution in [0.15, 0.2) is 22.7 Å². The Labute approximate surface area is 124 Å². The van der Waals surface area contributed by atoms with Gasteiger partial charge < -0.3 is 5.32 Å². The lowest BCUT2D eigenvalue weighted by atomic mass is 10.2. The van der Waals surface area contributed by atoms with E-state index in [9.17, 15) is 4.39 Å². The number of aryl methyl sites for hydroxylation is 1. The lowest BCUT2D eigenvalue weighted by molar-refractivity contribution is 0.630. The molecule has 6 heteroatoms. The van der Waals surface area contributed by atoms with Crippen molar-refractivity contribution >= 4 is 27.3 Å². The van der Waals surface area contributed by atoms with Gasteiger partial charge in [0.15, 0.2) is 5.01 Å². The molecule has 1 aromatic heterocycles. The molecule has 0 fully saturated rings. The van der Waals surface area contributed by atoms with Gasteiger partial charge in [0.05, 0.1) is 0 Å². The van der Waals surface area contributed by atoms with E-state index in [2.05, 4.69) is 38.4 Å². The van der Waals surface area contributed by atoms with Crippen molar-refractivity contribution in [3.8, 4) is 10.6 Å². The zero-order valence-electron chi connectivity index (χ0n) is 10.6. The Bertz CT molecular complexity index is 544. The van der Waals surface area contributed by atoms with E-state index in [1.807, 2.05) is 6.07 Å². The van der Waals surface area contributed by atoms with Crippen LogP contribution in [-0.4, -0.2) is 23.3 Å². The summed E-state index contributed by atoms with van der Waals surface area (Å²) in [5, 5.41) is 13.0. The van der Waals surface area contributed by atoms with E-state index < -0.39 is 0 Å². The molecule has 1 heterocycles. The van der Waals surface area contributed by atoms with E-state index in [0.29, 0.717) is 10.6 Å². The number of halogens is 2. The van der Waals surface area contributed by atoms with Gasteiger partial charge >= 0.3 is 0 Å². The maximum atomic E-state index is 13.8. The molecule has 0 saturated heterocycles. The predicted molar refractivity (Wildman–Crippen MR) is 79.9 cm³/mol. The number of hydrogen-bond donors (Lipinski definition) is 1. The van der Waals surface area contributed by atoms with E-state index in [1.165, 1.54) is 17.4 Å². The SMILES string of the molecule is CCNCCCc1nnc(-c2ccc(Br)cc2F)s1. The van der Waals surface area contributed by atoms with Crippen molar-refractivity contribution in [1.29, 1.82) is 0 Å². The first-order valence-corrected chi connectivity index (χ1v) is 7.80. The van der Waals surface area contributed by atoms with Crippen LogP contribution < -0.4 is 5.32 Å². The van der Waals surface area contributed by atoms with Gasteiger partial charge in [0, 0.05) is 16.5 Å². The summed E-state index contributed by atoms with van der Waals surface area (Å²) in [7, 11) is 0. The van der Waals surface area contributed by atoms with Crippen molar-refractivity contribution in [3.63, 3.8) is 0 Å². The van der Waals surface area contributed by atoms with Crippen LogP contribution in [-0.2, 0) is 6.42 Å². The first kappa shape index (κ1) is 14.6. The minimum absolute atomic E-state index is 0.273. The van der Waals surface area contributed by atoms with Crippen LogP contribution in [0.5, 0.6) is 0 Å². The number of nitrogens with zero attached hydrogens (tertiary/aromatic N) is 2. The average Bonchev–Trinajstić information content (AvgIpc) is 2.83. The molecule has 19 heavy (non-hydrogen) atoms. The summed E-state index contributed by atoms with van der Waals surface area (Å²) < 4.78 is 14.5. The molecular formula is C13H15BrFN3S. The highest BCUT2D eigenvalue weighted by Gasteiger charge is 2.11. The Kier molecular flexibility index (Phi) is 5.42. The van der Waals surface area contributed by atoms with Crippen LogP contribution in [0.1, 0.15) is 18.4 Å². The standard InChI is InChI=1S/C13H15BrFN3S/c1-2-16-7-3-4-12-17-18-13(19-12)10-6-5-9(14)8-11(10)15/h5-6,8,16H,2-4,7H2,1H3. The van der Waals surface area contributed by atoms with Crippen molar-refractivity contribution in [2.75, 3.05) is 13.1 Å². The Morgan fingerprint density at radius 2 is 2.21 bits per heavy atom. The largest absolute Gasteiger partial charge is 0.317 e. The quantitative estimate of drug-likeness (QED) is 0.813. The van der Waals surface area contributed by atoms with Crippen molar-refractivity contribution in [3.05, 3.63) is 33.5 Å².